The summed E-state index contributed by atoms with van der Waals surface area (Å²) in [5, 5.41) is 0. The molecular weight excluding hydrogens is 310 g/mol. The smallest absolute Gasteiger partial charge is 0.260 e. The van der Waals surface area contributed by atoms with Gasteiger partial charge in [-0.25, -0.2) is 0 Å². The molecule has 3 rings (SSSR count). The SMILES string of the molecule is CCOC[C@@H]1CCOC12CN(C(=O)COc1ccccc1OC)C2. The minimum absolute atomic E-state index is 0.00653. The Morgan fingerprint density at radius 1 is 1.33 bits per heavy atom. The fourth-order valence-electron chi connectivity index (χ4n) is 3.38. The standard InChI is InChI=1S/C18H25NO5/c1-3-22-10-14-8-9-24-18(14)12-19(13-18)17(20)11-23-16-7-5-4-6-15(16)21-2/h4-7,14H,3,8-13H2,1-2H3/t14-/m0/s1. The Balaban J connectivity index is 1.50. The molecule has 1 spiro atoms. The number of likely N-dealkylation sites (tertiary alicyclic amines) is 1. The first-order valence-corrected chi connectivity index (χ1v) is 8.44. The van der Waals surface area contributed by atoms with Gasteiger partial charge in [-0.3, -0.25) is 4.79 Å². The first-order valence-electron chi connectivity index (χ1n) is 8.44. The molecule has 0 radical (unpaired) electrons. The number of carbonyl (C=O) groups excluding carboxylic acids is 1. The fraction of sp³-hybridized carbons (Fsp3) is 0.611. The van der Waals surface area contributed by atoms with Crippen LogP contribution in [0.25, 0.3) is 0 Å². The summed E-state index contributed by atoms with van der Waals surface area (Å²) in [5.74, 6) is 1.55. The first-order chi connectivity index (χ1) is 11.7. The molecule has 132 valence electrons. The number of ether oxygens (including phenoxy) is 4. The average molecular weight is 335 g/mol. The second kappa shape index (κ2) is 7.40. The van der Waals surface area contributed by atoms with Gasteiger partial charge >= 0.3 is 0 Å². The molecule has 1 atom stereocenters. The minimum Gasteiger partial charge on any atom is -0.493 e. The molecule has 0 saturated carbocycles. The molecule has 2 saturated heterocycles. The Morgan fingerprint density at radius 3 is 2.79 bits per heavy atom. The molecule has 2 aliphatic heterocycles. The number of carbonyl (C=O) groups is 1. The molecule has 0 bridgehead atoms. The maximum Gasteiger partial charge on any atom is 0.260 e. The van der Waals surface area contributed by atoms with Crippen molar-refractivity contribution < 1.29 is 23.7 Å². The van der Waals surface area contributed by atoms with Crippen molar-refractivity contribution in [2.45, 2.75) is 18.9 Å². The van der Waals surface area contributed by atoms with Gasteiger partial charge in [-0.2, -0.15) is 0 Å². The second-order valence-electron chi connectivity index (χ2n) is 6.25. The van der Waals surface area contributed by atoms with Crippen molar-refractivity contribution in [3.63, 3.8) is 0 Å². The predicted octanol–water partition coefficient (Wildman–Crippen LogP) is 1.73. The summed E-state index contributed by atoms with van der Waals surface area (Å²) >= 11 is 0. The summed E-state index contributed by atoms with van der Waals surface area (Å²) in [7, 11) is 1.58. The van der Waals surface area contributed by atoms with Gasteiger partial charge in [0.25, 0.3) is 5.91 Å². The summed E-state index contributed by atoms with van der Waals surface area (Å²) in [6, 6.07) is 7.32. The zero-order valence-electron chi connectivity index (χ0n) is 14.3. The van der Waals surface area contributed by atoms with E-state index in [9.17, 15) is 4.79 Å². The largest absolute Gasteiger partial charge is 0.493 e. The van der Waals surface area contributed by atoms with Gasteiger partial charge < -0.3 is 23.8 Å². The Bertz CT molecular complexity index is 570. The van der Waals surface area contributed by atoms with Crippen molar-refractivity contribution in [2.75, 3.05) is 46.6 Å². The van der Waals surface area contributed by atoms with E-state index < -0.39 is 0 Å². The summed E-state index contributed by atoms with van der Waals surface area (Å²) in [6.07, 6.45) is 1.000. The van der Waals surface area contributed by atoms with Crippen LogP contribution in [0.2, 0.25) is 0 Å². The molecule has 6 nitrogen and oxygen atoms in total. The molecule has 2 heterocycles. The number of benzene rings is 1. The highest BCUT2D eigenvalue weighted by Crippen LogP contribution is 2.40. The molecule has 2 aliphatic rings. The number of para-hydroxylation sites is 2. The third kappa shape index (κ3) is 3.35. The molecule has 1 aromatic carbocycles. The van der Waals surface area contributed by atoms with Gasteiger partial charge in [0.15, 0.2) is 18.1 Å². The number of hydrogen-bond acceptors (Lipinski definition) is 5. The van der Waals surface area contributed by atoms with E-state index >= 15 is 0 Å². The number of hydrogen-bond donors (Lipinski definition) is 0. The maximum atomic E-state index is 12.3. The topological polar surface area (TPSA) is 57.2 Å². The minimum atomic E-state index is -0.213. The average Bonchev–Trinajstić information content (AvgIpc) is 3.00. The number of amides is 1. The maximum absolute atomic E-state index is 12.3. The van der Waals surface area contributed by atoms with Crippen molar-refractivity contribution in [1.29, 1.82) is 0 Å². The van der Waals surface area contributed by atoms with Gasteiger partial charge in [0.2, 0.25) is 0 Å². The number of rotatable bonds is 7. The number of nitrogens with zero attached hydrogens (tertiary/aromatic N) is 1. The molecule has 1 amide bonds. The molecule has 0 aliphatic carbocycles. The first kappa shape index (κ1) is 17.0. The summed E-state index contributed by atoms with van der Waals surface area (Å²) in [4.78, 5) is 14.1. The van der Waals surface area contributed by atoms with Crippen molar-refractivity contribution in [1.82, 2.24) is 4.90 Å². The summed E-state index contributed by atoms with van der Waals surface area (Å²) < 4.78 is 22.3. The molecule has 1 aromatic rings. The zero-order chi connectivity index (χ0) is 17.0. The lowest BCUT2D eigenvalue weighted by molar-refractivity contribution is -0.170. The van der Waals surface area contributed by atoms with Gasteiger partial charge in [0.1, 0.15) is 5.60 Å². The molecule has 0 aromatic heterocycles. The van der Waals surface area contributed by atoms with E-state index in [-0.39, 0.29) is 18.1 Å². The lowest BCUT2D eigenvalue weighted by Gasteiger charge is -2.50. The van der Waals surface area contributed by atoms with Crippen LogP contribution in [0.3, 0.4) is 0 Å². The van der Waals surface area contributed by atoms with Crippen molar-refractivity contribution >= 4 is 5.91 Å². The van der Waals surface area contributed by atoms with Gasteiger partial charge in [0.05, 0.1) is 26.8 Å². The van der Waals surface area contributed by atoms with E-state index in [4.69, 9.17) is 18.9 Å². The Hall–Kier alpha value is -1.79. The van der Waals surface area contributed by atoms with Gasteiger partial charge in [-0.1, -0.05) is 12.1 Å². The molecular formula is C18H25NO5. The van der Waals surface area contributed by atoms with Crippen LogP contribution in [0.1, 0.15) is 13.3 Å². The number of methoxy groups -OCH3 is 1. The third-order valence-corrected chi connectivity index (χ3v) is 4.81. The fourth-order valence-corrected chi connectivity index (χ4v) is 3.38. The van der Waals surface area contributed by atoms with Crippen LogP contribution < -0.4 is 9.47 Å². The second-order valence-corrected chi connectivity index (χ2v) is 6.25. The van der Waals surface area contributed by atoms with Gasteiger partial charge in [-0.05, 0) is 25.5 Å². The van der Waals surface area contributed by atoms with Crippen LogP contribution in [0.5, 0.6) is 11.5 Å². The van der Waals surface area contributed by atoms with E-state index in [0.717, 1.165) is 13.0 Å². The molecule has 0 N–H and O–H groups in total. The highest BCUT2D eigenvalue weighted by molar-refractivity contribution is 5.79. The summed E-state index contributed by atoms with van der Waals surface area (Å²) in [5.41, 5.74) is -0.213. The van der Waals surface area contributed by atoms with E-state index in [2.05, 4.69) is 0 Å². The van der Waals surface area contributed by atoms with Crippen molar-refractivity contribution in [3.05, 3.63) is 24.3 Å². The van der Waals surface area contributed by atoms with Crippen molar-refractivity contribution in [2.24, 2.45) is 5.92 Å². The van der Waals surface area contributed by atoms with Crippen LogP contribution >= 0.6 is 0 Å². The van der Waals surface area contributed by atoms with Crippen LogP contribution in [-0.2, 0) is 14.3 Å². The lowest BCUT2D eigenvalue weighted by Crippen LogP contribution is -2.67. The highest BCUT2D eigenvalue weighted by Gasteiger charge is 2.54. The molecule has 6 heteroatoms. The normalized spacial score (nSPS) is 21.6. The van der Waals surface area contributed by atoms with Crippen molar-refractivity contribution in [3.8, 4) is 11.5 Å². The molecule has 2 fully saturated rings. The third-order valence-electron chi connectivity index (χ3n) is 4.81. The van der Waals surface area contributed by atoms with E-state index in [0.29, 0.717) is 43.7 Å². The van der Waals surface area contributed by atoms with Crippen LogP contribution in [0.4, 0.5) is 0 Å². The summed E-state index contributed by atoms with van der Waals surface area (Å²) in [6.45, 7) is 5.41. The van der Waals surface area contributed by atoms with E-state index in [1.54, 1.807) is 18.1 Å². The Kier molecular flexibility index (Phi) is 5.26. The van der Waals surface area contributed by atoms with Gasteiger partial charge in [0, 0.05) is 19.1 Å². The Morgan fingerprint density at radius 2 is 2.08 bits per heavy atom. The van der Waals surface area contributed by atoms with Gasteiger partial charge in [-0.15, -0.1) is 0 Å². The van der Waals surface area contributed by atoms with Crippen LogP contribution in [0, 0.1) is 5.92 Å². The molecule has 0 unspecified atom stereocenters. The quantitative estimate of drug-likeness (QED) is 0.759. The van der Waals surface area contributed by atoms with Crippen LogP contribution in [-0.4, -0.2) is 63.0 Å². The van der Waals surface area contributed by atoms with E-state index in [1.807, 2.05) is 25.1 Å². The molecule has 24 heavy (non-hydrogen) atoms. The zero-order valence-corrected chi connectivity index (χ0v) is 14.3. The highest BCUT2D eigenvalue weighted by atomic mass is 16.5. The van der Waals surface area contributed by atoms with E-state index in [1.165, 1.54) is 0 Å². The lowest BCUT2D eigenvalue weighted by atomic mass is 9.81. The monoisotopic (exact) mass is 335 g/mol. The predicted molar refractivity (Wildman–Crippen MR) is 88.4 cm³/mol. The Labute approximate surface area is 142 Å². The van der Waals surface area contributed by atoms with Crippen LogP contribution in [0.15, 0.2) is 24.3 Å².